The highest BCUT2D eigenvalue weighted by molar-refractivity contribution is 7.99. The molecule has 164 valence electrons. The third-order valence-electron chi connectivity index (χ3n) is 4.91. The van der Waals surface area contributed by atoms with Gasteiger partial charge in [0.2, 0.25) is 11.9 Å². The van der Waals surface area contributed by atoms with Gasteiger partial charge in [-0.1, -0.05) is 11.8 Å². The molecule has 2 aromatic rings. The Bertz CT molecular complexity index is 896. The molecule has 0 N–H and O–H groups in total. The topological polar surface area (TPSA) is 124 Å². The maximum Gasteiger partial charge on any atom is 0.269 e. The first-order chi connectivity index (χ1) is 15.1. The van der Waals surface area contributed by atoms with E-state index in [1.54, 1.807) is 0 Å². The van der Waals surface area contributed by atoms with E-state index in [-0.39, 0.29) is 17.2 Å². The summed E-state index contributed by atoms with van der Waals surface area (Å²) in [5.74, 6) is 1.11. The molecule has 0 aliphatic carbocycles. The summed E-state index contributed by atoms with van der Waals surface area (Å²) in [6, 6.07) is 5.58. The summed E-state index contributed by atoms with van der Waals surface area (Å²) in [7, 11) is 0. The number of carbonyl (C=O) groups is 1. The van der Waals surface area contributed by atoms with Crippen LogP contribution in [0, 0.1) is 10.1 Å². The number of ketones is 1. The van der Waals surface area contributed by atoms with Crippen LogP contribution in [-0.4, -0.2) is 84.0 Å². The number of anilines is 2. The Morgan fingerprint density at radius 2 is 1.45 bits per heavy atom. The van der Waals surface area contributed by atoms with Gasteiger partial charge in [-0.25, -0.2) is 0 Å². The molecule has 0 spiro atoms. The lowest BCUT2D eigenvalue weighted by Crippen LogP contribution is -2.40. The summed E-state index contributed by atoms with van der Waals surface area (Å²) in [4.78, 5) is 40.7. The highest BCUT2D eigenvalue weighted by Crippen LogP contribution is 2.23. The van der Waals surface area contributed by atoms with Crippen LogP contribution in [0.3, 0.4) is 0 Å². The lowest BCUT2D eigenvalue weighted by molar-refractivity contribution is -0.384. The van der Waals surface area contributed by atoms with E-state index in [1.807, 2.05) is 0 Å². The van der Waals surface area contributed by atoms with Gasteiger partial charge in [0.15, 0.2) is 10.9 Å². The lowest BCUT2D eigenvalue weighted by atomic mass is 10.1. The normalized spacial score (nSPS) is 16.9. The molecule has 1 aromatic carbocycles. The number of thioether (sulfide) groups is 1. The average molecular weight is 446 g/mol. The summed E-state index contributed by atoms with van der Waals surface area (Å²) in [5, 5.41) is 11.3. The number of nitrogens with zero attached hydrogens (tertiary/aromatic N) is 6. The minimum absolute atomic E-state index is 0.0491. The Kier molecular flexibility index (Phi) is 6.89. The van der Waals surface area contributed by atoms with Crippen LogP contribution in [0.15, 0.2) is 29.4 Å². The van der Waals surface area contributed by atoms with Crippen molar-refractivity contribution in [2.45, 2.75) is 5.16 Å². The Balaban J connectivity index is 1.50. The molecular formula is C19H22N6O5S. The van der Waals surface area contributed by atoms with Crippen LogP contribution in [0.1, 0.15) is 10.4 Å². The fourth-order valence-electron chi connectivity index (χ4n) is 3.19. The molecule has 1 aromatic heterocycles. The largest absolute Gasteiger partial charge is 0.378 e. The molecule has 2 fully saturated rings. The van der Waals surface area contributed by atoms with Crippen molar-refractivity contribution in [2.75, 3.05) is 68.2 Å². The predicted octanol–water partition coefficient (Wildman–Crippen LogP) is 1.43. The summed E-state index contributed by atoms with van der Waals surface area (Å²) in [6.07, 6.45) is 0. The fourth-order valence-corrected chi connectivity index (χ4v) is 3.91. The smallest absolute Gasteiger partial charge is 0.269 e. The van der Waals surface area contributed by atoms with Crippen molar-refractivity contribution in [3.8, 4) is 0 Å². The quantitative estimate of drug-likeness (QED) is 0.265. The molecule has 31 heavy (non-hydrogen) atoms. The zero-order valence-corrected chi connectivity index (χ0v) is 17.6. The van der Waals surface area contributed by atoms with Gasteiger partial charge < -0.3 is 19.3 Å². The zero-order chi connectivity index (χ0) is 21.6. The number of nitro groups is 1. The number of aromatic nitrogens is 3. The van der Waals surface area contributed by atoms with Crippen molar-refractivity contribution in [1.82, 2.24) is 15.0 Å². The van der Waals surface area contributed by atoms with Crippen molar-refractivity contribution < 1.29 is 19.2 Å². The number of rotatable bonds is 7. The van der Waals surface area contributed by atoms with Crippen molar-refractivity contribution in [3.05, 3.63) is 39.9 Å². The predicted molar refractivity (Wildman–Crippen MR) is 114 cm³/mol. The van der Waals surface area contributed by atoms with Gasteiger partial charge >= 0.3 is 0 Å². The Morgan fingerprint density at radius 3 is 1.94 bits per heavy atom. The molecule has 0 bridgehead atoms. The molecule has 11 nitrogen and oxygen atoms in total. The van der Waals surface area contributed by atoms with Crippen LogP contribution in [0.25, 0.3) is 0 Å². The molecule has 4 rings (SSSR count). The molecule has 0 atom stereocenters. The molecule has 3 heterocycles. The first-order valence-electron chi connectivity index (χ1n) is 9.92. The summed E-state index contributed by atoms with van der Waals surface area (Å²) < 4.78 is 10.8. The number of benzene rings is 1. The first-order valence-corrected chi connectivity index (χ1v) is 10.9. The van der Waals surface area contributed by atoms with Gasteiger partial charge in [0.05, 0.1) is 37.1 Å². The zero-order valence-electron chi connectivity index (χ0n) is 16.8. The van der Waals surface area contributed by atoms with Gasteiger partial charge in [-0.2, -0.15) is 15.0 Å². The maximum atomic E-state index is 12.6. The Morgan fingerprint density at radius 1 is 0.935 bits per heavy atom. The van der Waals surface area contributed by atoms with E-state index in [0.29, 0.717) is 75.2 Å². The molecule has 2 aliphatic rings. The molecule has 2 aliphatic heterocycles. The second-order valence-corrected chi connectivity index (χ2v) is 7.88. The van der Waals surface area contributed by atoms with Gasteiger partial charge in [-0.15, -0.1) is 0 Å². The molecular weight excluding hydrogens is 424 g/mol. The second kappa shape index (κ2) is 9.98. The second-order valence-electron chi connectivity index (χ2n) is 6.93. The Hall–Kier alpha value is -2.83. The number of ether oxygens (including phenoxy) is 2. The minimum Gasteiger partial charge on any atom is -0.378 e. The number of Topliss-reactive ketones (excluding diaryl/α,β-unsaturated/α-hetero) is 1. The van der Waals surface area contributed by atoms with Gasteiger partial charge in [0.1, 0.15) is 0 Å². The molecule has 0 radical (unpaired) electrons. The fraction of sp³-hybridized carbons (Fsp3) is 0.474. The van der Waals surface area contributed by atoms with Crippen molar-refractivity contribution in [3.63, 3.8) is 0 Å². The SMILES string of the molecule is O=C(CSc1nc(N2CCOCC2)nc(N2CCOCC2)n1)c1ccc([N+](=O)[O-])cc1. The lowest BCUT2D eigenvalue weighted by Gasteiger charge is -2.30. The van der Waals surface area contributed by atoms with E-state index in [1.165, 1.54) is 36.0 Å². The molecule has 0 amide bonds. The minimum atomic E-state index is -0.492. The Labute approximate surface area is 182 Å². The van der Waals surface area contributed by atoms with Crippen molar-refractivity contribution in [2.24, 2.45) is 0 Å². The molecule has 2 saturated heterocycles. The van der Waals surface area contributed by atoms with Gasteiger partial charge in [-0.05, 0) is 12.1 Å². The van der Waals surface area contributed by atoms with Crippen LogP contribution >= 0.6 is 11.8 Å². The number of non-ortho nitro benzene ring substituents is 1. The van der Waals surface area contributed by atoms with Gasteiger partial charge in [0.25, 0.3) is 5.69 Å². The molecule has 12 heteroatoms. The monoisotopic (exact) mass is 446 g/mol. The van der Waals surface area contributed by atoms with Crippen LogP contribution in [0.4, 0.5) is 17.6 Å². The van der Waals surface area contributed by atoms with Crippen LogP contribution < -0.4 is 9.80 Å². The van der Waals surface area contributed by atoms with E-state index >= 15 is 0 Å². The third-order valence-corrected chi connectivity index (χ3v) is 5.76. The maximum absolute atomic E-state index is 12.6. The van der Waals surface area contributed by atoms with Crippen LogP contribution in [0.2, 0.25) is 0 Å². The molecule has 0 saturated carbocycles. The van der Waals surface area contributed by atoms with Gasteiger partial charge in [0, 0.05) is 43.9 Å². The van der Waals surface area contributed by atoms with Crippen molar-refractivity contribution in [1.29, 1.82) is 0 Å². The van der Waals surface area contributed by atoms with E-state index in [0.717, 1.165) is 0 Å². The summed E-state index contributed by atoms with van der Waals surface area (Å²) >= 11 is 1.23. The van der Waals surface area contributed by atoms with E-state index in [4.69, 9.17) is 9.47 Å². The summed E-state index contributed by atoms with van der Waals surface area (Å²) in [6.45, 7) is 5.21. The number of carbonyl (C=O) groups excluding carboxylic acids is 1. The van der Waals surface area contributed by atoms with Crippen LogP contribution in [0.5, 0.6) is 0 Å². The van der Waals surface area contributed by atoms with E-state index in [9.17, 15) is 14.9 Å². The highest BCUT2D eigenvalue weighted by Gasteiger charge is 2.21. The van der Waals surface area contributed by atoms with E-state index < -0.39 is 4.92 Å². The van der Waals surface area contributed by atoms with E-state index in [2.05, 4.69) is 24.8 Å². The standard InChI is InChI=1S/C19H22N6O5S/c26-16(14-1-3-15(4-2-14)25(27)28)13-31-19-21-17(23-5-9-29-10-6-23)20-18(22-19)24-7-11-30-12-8-24/h1-4H,5-13H2. The molecule has 0 unspecified atom stereocenters. The summed E-state index contributed by atoms with van der Waals surface area (Å²) in [5.41, 5.74) is 0.362. The number of hydrogen-bond acceptors (Lipinski definition) is 11. The van der Waals surface area contributed by atoms with Crippen LogP contribution in [-0.2, 0) is 9.47 Å². The van der Waals surface area contributed by atoms with Gasteiger partial charge in [-0.3, -0.25) is 14.9 Å². The first kappa shape index (κ1) is 21.4. The van der Waals surface area contributed by atoms with Crippen molar-refractivity contribution >= 4 is 35.1 Å². The number of morpholine rings is 2. The number of hydrogen-bond donors (Lipinski definition) is 0. The third kappa shape index (κ3) is 5.46. The highest BCUT2D eigenvalue weighted by atomic mass is 32.2. The number of nitro benzene ring substituents is 1. The average Bonchev–Trinajstić information content (AvgIpc) is 2.83.